The summed E-state index contributed by atoms with van der Waals surface area (Å²) in [5.41, 5.74) is 0. The first-order chi connectivity index (χ1) is 5.07. The number of carboxylic acid groups (broad SMARTS) is 1. The Bertz CT molecular complexity index is 159. The van der Waals surface area contributed by atoms with Crippen LogP contribution in [0.5, 0.6) is 0 Å². The summed E-state index contributed by atoms with van der Waals surface area (Å²) in [7, 11) is 0. The number of hydrogen-bond donors (Lipinski definition) is 2. The van der Waals surface area contributed by atoms with E-state index >= 15 is 0 Å². The Morgan fingerprint density at radius 2 is 2.27 bits per heavy atom. The topological polar surface area (TPSA) is 49.3 Å². The predicted molar refractivity (Wildman–Crippen MR) is 47.7 cm³/mol. The molecule has 4 heteroatoms. The monoisotopic (exact) mass is 175 g/mol. The molecule has 0 aromatic heterocycles. The van der Waals surface area contributed by atoms with Crippen LogP contribution < -0.4 is 5.32 Å². The maximum atomic E-state index is 10.3. The molecule has 64 valence electrons. The Balaban J connectivity index is 3.66. The van der Waals surface area contributed by atoms with Crippen LogP contribution in [-0.4, -0.2) is 22.1 Å². The van der Waals surface area contributed by atoms with Gasteiger partial charge in [-0.15, -0.1) is 0 Å². The van der Waals surface area contributed by atoms with Crippen molar-refractivity contribution in [1.82, 2.24) is 5.32 Å². The molecule has 0 aromatic carbocycles. The van der Waals surface area contributed by atoms with Gasteiger partial charge in [-0.1, -0.05) is 19.1 Å². The van der Waals surface area contributed by atoms with Crippen molar-refractivity contribution in [3.8, 4) is 0 Å². The highest BCUT2D eigenvalue weighted by Gasteiger charge is 2.10. The van der Waals surface area contributed by atoms with Crippen LogP contribution in [0.2, 0.25) is 0 Å². The van der Waals surface area contributed by atoms with Crippen molar-refractivity contribution < 1.29 is 9.90 Å². The first kappa shape index (κ1) is 10.4. The molecular weight excluding hydrogens is 162 g/mol. The standard InChI is InChI=1S/C7H13NO2S/c1-3-4-6(11)8-5(2)7(9)10/h5H,3-4H2,1-2H3,(H,8,11)(H,9,10)/t5-/m0/s1. The van der Waals surface area contributed by atoms with Crippen molar-refractivity contribution in [1.29, 1.82) is 0 Å². The second-order valence-electron chi connectivity index (χ2n) is 2.38. The molecule has 0 radical (unpaired) electrons. The first-order valence-electron chi connectivity index (χ1n) is 3.60. The molecule has 2 N–H and O–H groups in total. The Morgan fingerprint density at radius 1 is 1.73 bits per heavy atom. The van der Waals surface area contributed by atoms with Crippen molar-refractivity contribution >= 4 is 23.2 Å². The predicted octanol–water partition coefficient (Wildman–Crippen LogP) is 1.18. The summed E-state index contributed by atoms with van der Waals surface area (Å²) in [5, 5.41) is 11.2. The second-order valence-corrected chi connectivity index (χ2v) is 2.87. The van der Waals surface area contributed by atoms with Crippen LogP contribution in [0.15, 0.2) is 0 Å². The molecule has 0 spiro atoms. The summed E-state index contributed by atoms with van der Waals surface area (Å²) in [6.07, 6.45) is 1.70. The van der Waals surface area contributed by atoms with Crippen LogP contribution in [0, 0.1) is 0 Å². The van der Waals surface area contributed by atoms with Gasteiger partial charge in [-0.2, -0.15) is 0 Å². The van der Waals surface area contributed by atoms with Crippen molar-refractivity contribution in [2.75, 3.05) is 0 Å². The van der Waals surface area contributed by atoms with Crippen LogP contribution in [0.4, 0.5) is 0 Å². The van der Waals surface area contributed by atoms with E-state index in [1.54, 1.807) is 6.92 Å². The van der Waals surface area contributed by atoms with Crippen molar-refractivity contribution in [3.63, 3.8) is 0 Å². The van der Waals surface area contributed by atoms with E-state index in [1.165, 1.54) is 0 Å². The molecule has 0 saturated carbocycles. The van der Waals surface area contributed by atoms with Gasteiger partial charge >= 0.3 is 5.97 Å². The van der Waals surface area contributed by atoms with Gasteiger partial charge in [-0.25, -0.2) is 0 Å². The van der Waals surface area contributed by atoms with Gasteiger partial charge in [0.15, 0.2) is 0 Å². The van der Waals surface area contributed by atoms with Gasteiger partial charge in [0.2, 0.25) is 0 Å². The lowest BCUT2D eigenvalue weighted by molar-refractivity contribution is -0.138. The fourth-order valence-corrected chi connectivity index (χ4v) is 0.983. The fraction of sp³-hybridized carbons (Fsp3) is 0.714. The Hall–Kier alpha value is -0.640. The summed E-state index contributed by atoms with van der Waals surface area (Å²) >= 11 is 4.87. The molecule has 1 atom stereocenters. The van der Waals surface area contributed by atoms with E-state index in [9.17, 15) is 4.79 Å². The van der Waals surface area contributed by atoms with Gasteiger partial charge in [0.25, 0.3) is 0 Å². The van der Waals surface area contributed by atoms with Crippen molar-refractivity contribution in [3.05, 3.63) is 0 Å². The number of carboxylic acids is 1. The maximum Gasteiger partial charge on any atom is 0.325 e. The lowest BCUT2D eigenvalue weighted by Gasteiger charge is -2.10. The highest BCUT2D eigenvalue weighted by Crippen LogP contribution is 1.91. The van der Waals surface area contributed by atoms with Gasteiger partial charge in [-0.3, -0.25) is 4.79 Å². The molecule has 0 unspecified atom stereocenters. The molecular formula is C7H13NO2S. The van der Waals surface area contributed by atoms with Crippen LogP contribution >= 0.6 is 12.2 Å². The van der Waals surface area contributed by atoms with Gasteiger partial charge < -0.3 is 10.4 Å². The maximum absolute atomic E-state index is 10.3. The van der Waals surface area contributed by atoms with E-state index in [2.05, 4.69) is 5.32 Å². The Morgan fingerprint density at radius 3 is 2.64 bits per heavy atom. The van der Waals surface area contributed by atoms with E-state index in [-0.39, 0.29) is 0 Å². The van der Waals surface area contributed by atoms with Crippen LogP contribution in [0.1, 0.15) is 26.7 Å². The van der Waals surface area contributed by atoms with Crippen LogP contribution in [0.25, 0.3) is 0 Å². The minimum Gasteiger partial charge on any atom is -0.480 e. The average molecular weight is 175 g/mol. The lowest BCUT2D eigenvalue weighted by atomic mass is 10.3. The molecule has 0 amide bonds. The zero-order chi connectivity index (χ0) is 8.85. The Kier molecular flexibility index (Phi) is 4.77. The van der Waals surface area contributed by atoms with Gasteiger partial charge in [0.1, 0.15) is 6.04 Å². The third kappa shape index (κ3) is 4.72. The quantitative estimate of drug-likeness (QED) is 0.630. The highest BCUT2D eigenvalue weighted by atomic mass is 32.1. The summed E-state index contributed by atoms with van der Waals surface area (Å²) in [5.74, 6) is -0.872. The fourth-order valence-electron chi connectivity index (χ4n) is 0.602. The van der Waals surface area contributed by atoms with E-state index in [0.717, 1.165) is 12.8 Å². The third-order valence-electron chi connectivity index (χ3n) is 1.22. The molecule has 0 aliphatic rings. The summed E-state index contributed by atoms with van der Waals surface area (Å²) in [6, 6.07) is -0.575. The number of carbonyl (C=O) groups is 1. The van der Waals surface area contributed by atoms with Crippen LogP contribution in [-0.2, 0) is 4.79 Å². The molecule has 0 fully saturated rings. The third-order valence-corrected chi connectivity index (χ3v) is 1.55. The van der Waals surface area contributed by atoms with E-state index in [4.69, 9.17) is 17.3 Å². The molecule has 0 aliphatic carbocycles. The minimum atomic E-state index is -0.872. The summed E-state index contributed by atoms with van der Waals surface area (Å²) < 4.78 is 0. The van der Waals surface area contributed by atoms with Gasteiger partial charge in [0.05, 0.1) is 4.99 Å². The highest BCUT2D eigenvalue weighted by molar-refractivity contribution is 7.80. The molecule has 0 heterocycles. The largest absolute Gasteiger partial charge is 0.480 e. The molecule has 3 nitrogen and oxygen atoms in total. The van der Waals surface area contributed by atoms with Gasteiger partial charge in [-0.05, 0) is 19.8 Å². The average Bonchev–Trinajstić information content (AvgIpc) is 1.87. The molecule has 0 aliphatic heterocycles. The zero-order valence-electron chi connectivity index (χ0n) is 6.76. The minimum absolute atomic E-state index is 0.575. The smallest absolute Gasteiger partial charge is 0.325 e. The molecule has 0 bridgehead atoms. The first-order valence-corrected chi connectivity index (χ1v) is 4.01. The zero-order valence-corrected chi connectivity index (χ0v) is 7.57. The number of thiocarbonyl (C=S) groups is 1. The van der Waals surface area contributed by atoms with Crippen molar-refractivity contribution in [2.45, 2.75) is 32.7 Å². The molecule has 0 aromatic rings. The van der Waals surface area contributed by atoms with Gasteiger partial charge in [0, 0.05) is 0 Å². The summed E-state index contributed by atoms with van der Waals surface area (Å²) in [6.45, 7) is 3.57. The molecule has 0 rings (SSSR count). The molecule has 11 heavy (non-hydrogen) atoms. The van der Waals surface area contributed by atoms with Crippen molar-refractivity contribution in [2.24, 2.45) is 0 Å². The lowest BCUT2D eigenvalue weighted by Crippen LogP contribution is -2.37. The van der Waals surface area contributed by atoms with E-state index in [0.29, 0.717) is 4.99 Å². The normalized spacial score (nSPS) is 12.2. The number of aliphatic carboxylic acids is 1. The molecule has 0 saturated heterocycles. The SMILES string of the molecule is CCCC(=S)N[C@@H](C)C(=O)O. The van der Waals surface area contributed by atoms with E-state index in [1.807, 2.05) is 6.92 Å². The second kappa shape index (κ2) is 5.07. The summed E-state index contributed by atoms with van der Waals surface area (Å²) in [4.78, 5) is 10.9. The van der Waals surface area contributed by atoms with Crippen LogP contribution in [0.3, 0.4) is 0 Å². The van der Waals surface area contributed by atoms with E-state index < -0.39 is 12.0 Å². The number of rotatable bonds is 4. The number of hydrogen-bond acceptors (Lipinski definition) is 2. The number of nitrogens with one attached hydrogen (secondary N) is 1. The Labute approximate surface area is 71.8 Å².